The molecule has 24 heavy (non-hydrogen) atoms. The van der Waals surface area contributed by atoms with Crippen LogP contribution in [-0.4, -0.2) is 51.8 Å². The summed E-state index contributed by atoms with van der Waals surface area (Å²) in [5.74, 6) is 0.396. The molecule has 1 aliphatic heterocycles. The van der Waals surface area contributed by atoms with E-state index in [1.165, 1.54) is 0 Å². The Morgan fingerprint density at radius 3 is 2.71 bits per heavy atom. The lowest BCUT2D eigenvalue weighted by Gasteiger charge is -2.34. The zero-order valence-corrected chi connectivity index (χ0v) is 14.9. The van der Waals surface area contributed by atoms with E-state index in [0.717, 1.165) is 16.9 Å². The molecular formula is C18H23NO4S. The summed E-state index contributed by atoms with van der Waals surface area (Å²) in [5.41, 5.74) is 2.60. The van der Waals surface area contributed by atoms with Crippen molar-refractivity contribution in [2.45, 2.75) is 39.2 Å². The molecule has 2 rings (SSSR count). The lowest BCUT2D eigenvalue weighted by Crippen LogP contribution is -2.47. The SMILES string of the molecule is Cc1ccc(C)c(C(=O)CCC(=O)N2CCSCC2CC(=O)O)c1. The highest BCUT2D eigenvalue weighted by atomic mass is 32.2. The molecular weight excluding hydrogens is 326 g/mol. The van der Waals surface area contributed by atoms with Crippen LogP contribution in [0, 0.1) is 13.8 Å². The Kier molecular flexibility index (Phi) is 6.43. The van der Waals surface area contributed by atoms with Gasteiger partial charge in [0.25, 0.3) is 0 Å². The Hall–Kier alpha value is -1.82. The summed E-state index contributed by atoms with van der Waals surface area (Å²) in [7, 11) is 0. The molecule has 1 unspecified atom stereocenters. The first kappa shape index (κ1) is 18.5. The molecule has 1 aromatic carbocycles. The Bertz CT molecular complexity index is 644. The van der Waals surface area contributed by atoms with Crippen molar-refractivity contribution in [1.82, 2.24) is 4.90 Å². The number of carbonyl (C=O) groups excluding carboxylic acids is 2. The van der Waals surface area contributed by atoms with Crippen molar-refractivity contribution in [3.63, 3.8) is 0 Å². The van der Waals surface area contributed by atoms with E-state index in [2.05, 4.69) is 0 Å². The summed E-state index contributed by atoms with van der Waals surface area (Å²) in [4.78, 5) is 37.4. The van der Waals surface area contributed by atoms with Crippen molar-refractivity contribution >= 4 is 29.4 Å². The minimum atomic E-state index is -0.897. The van der Waals surface area contributed by atoms with Gasteiger partial charge in [-0.15, -0.1) is 0 Å². The third kappa shape index (κ3) is 4.84. The number of rotatable bonds is 6. The van der Waals surface area contributed by atoms with Crippen molar-refractivity contribution in [3.8, 4) is 0 Å². The molecule has 0 aromatic heterocycles. The van der Waals surface area contributed by atoms with Crippen LogP contribution >= 0.6 is 11.8 Å². The van der Waals surface area contributed by atoms with Gasteiger partial charge in [-0.05, 0) is 25.5 Å². The van der Waals surface area contributed by atoms with Gasteiger partial charge in [0.05, 0.1) is 12.5 Å². The van der Waals surface area contributed by atoms with Crippen molar-refractivity contribution < 1.29 is 19.5 Å². The summed E-state index contributed by atoms with van der Waals surface area (Å²) >= 11 is 1.67. The Balaban J connectivity index is 1.97. The Morgan fingerprint density at radius 1 is 1.25 bits per heavy atom. The standard InChI is InChI=1S/C18H23NO4S/c1-12-3-4-13(2)15(9-12)16(20)5-6-17(21)19-7-8-24-11-14(19)10-18(22)23/h3-4,9,14H,5-8,10-11H2,1-2H3,(H,22,23). The molecule has 0 bridgehead atoms. The smallest absolute Gasteiger partial charge is 0.305 e. The van der Waals surface area contributed by atoms with E-state index >= 15 is 0 Å². The van der Waals surface area contributed by atoms with Crippen LogP contribution < -0.4 is 0 Å². The van der Waals surface area contributed by atoms with Gasteiger partial charge in [0, 0.05) is 36.5 Å². The van der Waals surface area contributed by atoms with Crippen LogP contribution in [0.5, 0.6) is 0 Å². The average molecular weight is 349 g/mol. The fraction of sp³-hybridized carbons (Fsp3) is 0.500. The van der Waals surface area contributed by atoms with Gasteiger partial charge >= 0.3 is 5.97 Å². The number of benzene rings is 1. The van der Waals surface area contributed by atoms with Crippen LogP contribution in [0.3, 0.4) is 0 Å². The number of aryl methyl sites for hydroxylation is 2. The fourth-order valence-electron chi connectivity index (χ4n) is 2.89. The molecule has 1 aliphatic rings. The van der Waals surface area contributed by atoms with Crippen molar-refractivity contribution in [1.29, 1.82) is 0 Å². The second kappa shape index (κ2) is 8.33. The number of hydrogen-bond acceptors (Lipinski definition) is 4. The molecule has 6 heteroatoms. The fourth-order valence-corrected chi connectivity index (χ4v) is 3.95. The number of ketones is 1. The van der Waals surface area contributed by atoms with Gasteiger partial charge in [-0.2, -0.15) is 11.8 Å². The number of carboxylic acids is 1. The largest absolute Gasteiger partial charge is 0.481 e. The Labute approximate surface area is 146 Å². The molecule has 1 atom stereocenters. The predicted molar refractivity (Wildman–Crippen MR) is 94.6 cm³/mol. The predicted octanol–water partition coefficient (Wildman–Crippen LogP) is 2.69. The molecule has 1 N–H and O–H groups in total. The summed E-state index contributed by atoms with van der Waals surface area (Å²) < 4.78 is 0. The molecule has 1 amide bonds. The molecule has 1 fully saturated rings. The van der Waals surface area contributed by atoms with E-state index in [1.54, 1.807) is 16.7 Å². The van der Waals surface area contributed by atoms with Gasteiger partial charge in [-0.3, -0.25) is 14.4 Å². The first-order valence-electron chi connectivity index (χ1n) is 8.08. The normalized spacial score (nSPS) is 17.6. The van der Waals surface area contributed by atoms with Gasteiger partial charge in [-0.1, -0.05) is 17.7 Å². The van der Waals surface area contributed by atoms with Crippen LogP contribution in [0.2, 0.25) is 0 Å². The van der Waals surface area contributed by atoms with Crippen LogP contribution in [0.25, 0.3) is 0 Å². The third-order valence-electron chi connectivity index (χ3n) is 4.22. The maximum absolute atomic E-state index is 12.4. The van der Waals surface area contributed by atoms with Crippen molar-refractivity contribution in [2.75, 3.05) is 18.1 Å². The van der Waals surface area contributed by atoms with Crippen LogP contribution in [-0.2, 0) is 9.59 Å². The van der Waals surface area contributed by atoms with E-state index in [4.69, 9.17) is 5.11 Å². The van der Waals surface area contributed by atoms with E-state index in [9.17, 15) is 14.4 Å². The monoisotopic (exact) mass is 349 g/mol. The maximum Gasteiger partial charge on any atom is 0.305 e. The van der Waals surface area contributed by atoms with E-state index in [1.807, 2.05) is 32.0 Å². The minimum Gasteiger partial charge on any atom is -0.481 e. The summed E-state index contributed by atoms with van der Waals surface area (Å²) in [5, 5.41) is 8.99. The molecule has 1 aromatic rings. The van der Waals surface area contributed by atoms with Gasteiger partial charge < -0.3 is 10.0 Å². The number of aliphatic carboxylic acids is 1. The molecule has 0 aliphatic carbocycles. The third-order valence-corrected chi connectivity index (χ3v) is 5.31. The number of carboxylic acid groups (broad SMARTS) is 1. The number of carbonyl (C=O) groups is 3. The first-order chi connectivity index (χ1) is 11.4. The van der Waals surface area contributed by atoms with Gasteiger partial charge in [0.2, 0.25) is 5.91 Å². The summed E-state index contributed by atoms with van der Waals surface area (Å²) in [6, 6.07) is 5.45. The molecule has 0 saturated carbocycles. The number of thioether (sulfide) groups is 1. The summed E-state index contributed by atoms with van der Waals surface area (Å²) in [6.07, 6.45) is 0.253. The Morgan fingerprint density at radius 2 is 2.00 bits per heavy atom. The molecule has 5 nitrogen and oxygen atoms in total. The van der Waals surface area contributed by atoms with Crippen LogP contribution in [0.1, 0.15) is 40.7 Å². The average Bonchev–Trinajstić information content (AvgIpc) is 2.54. The quantitative estimate of drug-likeness (QED) is 0.799. The second-order valence-electron chi connectivity index (χ2n) is 6.16. The first-order valence-corrected chi connectivity index (χ1v) is 9.23. The molecule has 0 spiro atoms. The highest BCUT2D eigenvalue weighted by Crippen LogP contribution is 2.21. The maximum atomic E-state index is 12.4. The lowest BCUT2D eigenvalue weighted by atomic mass is 9.99. The minimum absolute atomic E-state index is 0.0364. The molecule has 1 saturated heterocycles. The zero-order valence-electron chi connectivity index (χ0n) is 14.1. The number of amides is 1. The number of nitrogens with zero attached hydrogens (tertiary/aromatic N) is 1. The lowest BCUT2D eigenvalue weighted by molar-refractivity contribution is -0.140. The van der Waals surface area contributed by atoms with E-state index in [-0.39, 0.29) is 37.0 Å². The highest BCUT2D eigenvalue weighted by Gasteiger charge is 2.28. The molecule has 130 valence electrons. The van der Waals surface area contributed by atoms with E-state index in [0.29, 0.717) is 17.9 Å². The van der Waals surface area contributed by atoms with Crippen LogP contribution in [0.15, 0.2) is 18.2 Å². The highest BCUT2D eigenvalue weighted by molar-refractivity contribution is 7.99. The van der Waals surface area contributed by atoms with Crippen molar-refractivity contribution in [2.24, 2.45) is 0 Å². The second-order valence-corrected chi connectivity index (χ2v) is 7.31. The topological polar surface area (TPSA) is 74.7 Å². The van der Waals surface area contributed by atoms with Gasteiger partial charge in [-0.25, -0.2) is 0 Å². The van der Waals surface area contributed by atoms with Crippen molar-refractivity contribution in [3.05, 3.63) is 34.9 Å². The van der Waals surface area contributed by atoms with Gasteiger partial charge in [0.1, 0.15) is 0 Å². The molecule has 0 radical (unpaired) electrons. The van der Waals surface area contributed by atoms with Gasteiger partial charge in [0.15, 0.2) is 5.78 Å². The number of Topliss-reactive ketones (excluding diaryl/α,β-unsaturated/α-hetero) is 1. The zero-order chi connectivity index (χ0) is 17.7. The molecule has 1 heterocycles. The summed E-state index contributed by atoms with van der Waals surface area (Å²) in [6.45, 7) is 4.38. The van der Waals surface area contributed by atoms with Crippen LogP contribution in [0.4, 0.5) is 0 Å². The van der Waals surface area contributed by atoms with E-state index < -0.39 is 5.97 Å². The number of hydrogen-bond donors (Lipinski definition) is 1.